The van der Waals surface area contributed by atoms with Gasteiger partial charge in [0.15, 0.2) is 23.3 Å². The van der Waals surface area contributed by atoms with E-state index in [1.807, 2.05) is 19.0 Å². The monoisotopic (exact) mass is 279 g/mol. The third-order valence-electron chi connectivity index (χ3n) is 3.47. The molecule has 3 unspecified atom stereocenters. The zero-order chi connectivity index (χ0) is 14.3. The number of imidazole rings is 1. The van der Waals surface area contributed by atoms with Crippen LogP contribution >= 0.6 is 0 Å². The molecule has 1 fully saturated rings. The fourth-order valence-corrected chi connectivity index (χ4v) is 2.46. The van der Waals surface area contributed by atoms with Crippen LogP contribution in [0.5, 0.6) is 0 Å². The Hall–Kier alpha value is -1.77. The summed E-state index contributed by atoms with van der Waals surface area (Å²) in [6.07, 6.45) is 1.81. The molecule has 0 saturated carbocycles. The zero-order valence-corrected chi connectivity index (χ0v) is 11.3. The Bertz CT molecular complexity index is 614. The summed E-state index contributed by atoms with van der Waals surface area (Å²) in [7, 11) is 3.77. The highest BCUT2D eigenvalue weighted by molar-refractivity contribution is 5.83. The summed E-state index contributed by atoms with van der Waals surface area (Å²) in [4.78, 5) is 14.6. The third-order valence-corrected chi connectivity index (χ3v) is 3.47. The Balaban J connectivity index is 2.06. The molecule has 0 amide bonds. The number of hydrogen-bond acceptors (Lipinski definition) is 7. The van der Waals surface area contributed by atoms with Crippen molar-refractivity contribution < 1.29 is 14.9 Å². The van der Waals surface area contributed by atoms with Gasteiger partial charge < -0.3 is 24.4 Å². The van der Waals surface area contributed by atoms with Gasteiger partial charge in [0, 0.05) is 20.5 Å². The second-order valence-electron chi connectivity index (χ2n) is 5.07. The standard InChI is InChI=1S/C12H17N5O3/c1-16(2)11-10-12(14-5-13-11)17(6-15-10)7-3-9(19)20-4-8(7)18/h5-9,18-19H,3-4H2,1-2H3. The second kappa shape index (κ2) is 4.97. The van der Waals surface area contributed by atoms with Crippen molar-refractivity contribution in [3.8, 4) is 0 Å². The summed E-state index contributed by atoms with van der Waals surface area (Å²) in [5.74, 6) is 0.718. The summed E-state index contributed by atoms with van der Waals surface area (Å²) in [5.41, 5.74) is 1.31. The van der Waals surface area contributed by atoms with Crippen molar-refractivity contribution in [2.45, 2.75) is 24.9 Å². The lowest BCUT2D eigenvalue weighted by Crippen LogP contribution is -2.38. The van der Waals surface area contributed by atoms with Gasteiger partial charge in [-0.3, -0.25) is 0 Å². The Kier molecular flexibility index (Phi) is 3.28. The van der Waals surface area contributed by atoms with Crippen molar-refractivity contribution in [2.24, 2.45) is 0 Å². The van der Waals surface area contributed by atoms with Crippen molar-refractivity contribution in [2.75, 3.05) is 25.6 Å². The normalized spacial score (nSPS) is 26.9. The van der Waals surface area contributed by atoms with Gasteiger partial charge in [0.25, 0.3) is 0 Å². The maximum absolute atomic E-state index is 10.1. The predicted molar refractivity (Wildman–Crippen MR) is 71.3 cm³/mol. The van der Waals surface area contributed by atoms with Crippen LogP contribution in [0.3, 0.4) is 0 Å². The molecule has 0 radical (unpaired) electrons. The molecule has 108 valence electrons. The van der Waals surface area contributed by atoms with Gasteiger partial charge >= 0.3 is 0 Å². The Morgan fingerprint density at radius 2 is 2.10 bits per heavy atom. The number of ether oxygens (including phenoxy) is 1. The summed E-state index contributed by atoms with van der Waals surface area (Å²) in [5, 5.41) is 19.7. The van der Waals surface area contributed by atoms with E-state index in [4.69, 9.17) is 4.74 Å². The molecule has 3 atom stereocenters. The van der Waals surface area contributed by atoms with Crippen LogP contribution in [0.1, 0.15) is 12.5 Å². The van der Waals surface area contributed by atoms with Gasteiger partial charge in [-0.1, -0.05) is 0 Å². The first-order valence-corrected chi connectivity index (χ1v) is 6.40. The van der Waals surface area contributed by atoms with E-state index in [0.717, 1.165) is 5.82 Å². The van der Waals surface area contributed by atoms with E-state index in [9.17, 15) is 10.2 Å². The molecule has 2 N–H and O–H groups in total. The van der Waals surface area contributed by atoms with Gasteiger partial charge in [-0.15, -0.1) is 0 Å². The number of fused-ring (bicyclic) bond motifs is 1. The molecule has 3 heterocycles. The van der Waals surface area contributed by atoms with Crippen LogP contribution in [0.15, 0.2) is 12.7 Å². The number of aliphatic hydroxyl groups is 2. The van der Waals surface area contributed by atoms with E-state index in [-0.39, 0.29) is 12.6 Å². The molecule has 1 aliphatic heterocycles. The third kappa shape index (κ3) is 2.11. The topological polar surface area (TPSA) is 96.5 Å². The first-order chi connectivity index (χ1) is 9.58. The molecule has 1 saturated heterocycles. The van der Waals surface area contributed by atoms with E-state index in [2.05, 4.69) is 15.0 Å². The predicted octanol–water partition coefficient (Wildman–Crippen LogP) is -0.467. The minimum Gasteiger partial charge on any atom is -0.389 e. The first-order valence-electron chi connectivity index (χ1n) is 6.40. The molecule has 0 aromatic carbocycles. The molecular weight excluding hydrogens is 262 g/mol. The Morgan fingerprint density at radius 1 is 1.30 bits per heavy atom. The molecule has 20 heavy (non-hydrogen) atoms. The van der Waals surface area contributed by atoms with Gasteiger partial charge in [-0.2, -0.15) is 0 Å². The zero-order valence-electron chi connectivity index (χ0n) is 11.3. The van der Waals surface area contributed by atoms with Crippen molar-refractivity contribution in [3.63, 3.8) is 0 Å². The molecule has 2 aromatic heterocycles. The minimum atomic E-state index is -0.879. The largest absolute Gasteiger partial charge is 0.389 e. The van der Waals surface area contributed by atoms with E-state index >= 15 is 0 Å². The summed E-state index contributed by atoms with van der Waals surface area (Å²) in [6, 6.07) is -0.311. The van der Waals surface area contributed by atoms with Gasteiger partial charge in [-0.05, 0) is 0 Å². The van der Waals surface area contributed by atoms with E-state index in [1.54, 1.807) is 10.9 Å². The van der Waals surface area contributed by atoms with Crippen LogP contribution in [0, 0.1) is 0 Å². The quantitative estimate of drug-likeness (QED) is 0.767. The molecular formula is C12H17N5O3. The fraction of sp³-hybridized carbons (Fsp3) is 0.583. The average molecular weight is 279 g/mol. The van der Waals surface area contributed by atoms with Crippen molar-refractivity contribution in [3.05, 3.63) is 12.7 Å². The van der Waals surface area contributed by atoms with Crippen LogP contribution in [-0.4, -0.2) is 62.8 Å². The van der Waals surface area contributed by atoms with Crippen LogP contribution in [0.4, 0.5) is 5.82 Å². The SMILES string of the molecule is CN(C)c1ncnc2c1ncn2C1CC(O)OCC1O. The Labute approximate surface area is 115 Å². The molecule has 3 rings (SSSR count). The van der Waals surface area contributed by atoms with Crippen molar-refractivity contribution in [1.29, 1.82) is 0 Å². The van der Waals surface area contributed by atoms with Gasteiger partial charge in [-0.25, -0.2) is 15.0 Å². The number of hydrogen-bond donors (Lipinski definition) is 2. The van der Waals surface area contributed by atoms with E-state index in [1.165, 1.54) is 6.33 Å². The molecule has 0 spiro atoms. The van der Waals surface area contributed by atoms with Crippen LogP contribution < -0.4 is 4.90 Å². The number of aromatic nitrogens is 4. The maximum Gasteiger partial charge on any atom is 0.165 e. The number of nitrogens with zero attached hydrogens (tertiary/aromatic N) is 5. The van der Waals surface area contributed by atoms with Gasteiger partial charge in [0.1, 0.15) is 6.33 Å². The summed E-state index contributed by atoms with van der Waals surface area (Å²) < 4.78 is 6.80. The fourth-order valence-electron chi connectivity index (χ4n) is 2.46. The van der Waals surface area contributed by atoms with Crippen molar-refractivity contribution >= 4 is 17.0 Å². The van der Waals surface area contributed by atoms with Gasteiger partial charge in [0.2, 0.25) is 0 Å². The molecule has 1 aliphatic rings. The molecule has 0 aliphatic carbocycles. The lowest BCUT2D eigenvalue weighted by molar-refractivity contribution is -0.172. The lowest BCUT2D eigenvalue weighted by Gasteiger charge is -2.31. The smallest absolute Gasteiger partial charge is 0.165 e. The van der Waals surface area contributed by atoms with E-state index in [0.29, 0.717) is 17.6 Å². The van der Waals surface area contributed by atoms with Crippen LogP contribution in [0.25, 0.3) is 11.2 Å². The Morgan fingerprint density at radius 3 is 2.85 bits per heavy atom. The van der Waals surface area contributed by atoms with Crippen molar-refractivity contribution in [1.82, 2.24) is 19.5 Å². The molecule has 8 heteroatoms. The summed E-state index contributed by atoms with van der Waals surface area (Å²) >= 11 is 0. The molecule has 8 nitrogen and oxygen atoms in total. The van der Waals surface area contributed by atoms with Gasteiger partial charge in [0.05, 0.1) is 25.1 Å². The molecule has 2 aromatic rings. The number of rotatable bonds is 2. The summed E-state index contributed by atoms with van der Waals surface area (Å²) in [6.45, 7) is 0.0944. The number of anilines is 1. The highest BCUT2D eigenvalue weighted by Crippen LogP contribution is 2.29. The van der Waals surface area contributed by atoms with Crippen LogP contribution in [-0.2, 0) is 4.74 Å². The lowest BCUT2D eigenvalue weighted by atomic mass is 10.1. The highest BCUT2D eigenvalue weighted by Gasteiger charge is 2.31. The molecule has 0 bridgehead atoms. The number of aliphatic hydroxyl groups excluding tert-OH is 2. The highest BCUT2D eigenvalue weighted by atomic mass is 16.6. The van der Waals surface area contributed by atoms with E-state index < -0.39 is 12.4 Å². The maximum atomic E-state index is 10.1. The first kappa shape index (κ1) is 13.2. The van der Waals surface area contributed by atoms with Crippen LogP contribution in [0.2, 0.25) is 0 Å². The average Bonchev–Trinajstić information content (AvgIpc) is 2.85. The minimum absolute atomic E-state index is 0.0944. The second-order valence-corrected chi connectivity index (χ2v) is 5.07.